The molecule has 0 saturated heterocycles. The van der Waals surface area contributed by atoms with Crippen molar-refractivity contribution in [2.24, 2.45) is 5.92 Å². The summed E-state index contributed by atoms with van der Waals surface area (Å²) in [7, 11) is 0. The lowest BCUT2D eigenvalue weighted by atomic mass is 10.1. The van der Waals surface area contributed by atoms with E-state index in [1.54, 1.807) is 0 Å². The molecule has 0 aromatic heterocycles. The molecule has 0 unspecified atom stereocenters. The largest absolute Gasteiger partial charge is 0.380 e. The van der Waals surface area contributed by atoms with Gasteiger partial charge in [-0.15, -0.1) is 0 Å². The third-order valence-corrected chi connectivity index (χ3v) is 3.26. The van der Waals surface area contributed by atoms with E-state index in [-0.39, 0.29) is 0 Å². The molecule has 0 spiro atoms. The number of hydrogen-bond donors (Lipinski definition) is 1. The van der Waals surface area contributed by atoms with Gasteiger partial charge in [0.05, 0.1) is 18.2 Å². The standard InChI is InChI=1S/C15H20N2O/c1-12-8-14(9-16)4-5-15(12)10-17-6-7-18-11-13-2-3-13/h4-5,8,13,17H,2-3,6-7,10-11H2,1H3. The van der Waals surface area contributed by atoms with Crippen LogP contribution in [0.2, 0.25) is 0 Å². The van der Waals surface area contributed by atoms with Gasteiger partial charge in [-0.05, 0) is 48.9 Å². The molecule has 3 nitrogen and oxygen atoms in total. The summed E-state index contributed by atoms with van der Waals surface area (Å²) in [6, 6.07) is 7.97. The molecule has 1 saturated carbocycles. The fourth-order valence-corrected chi connectivity index (χ4v) is 1.87. The van der Waals surface area contributed by atoms with E-state index >= 15 is 0 Å². The molecule has 2 rings (SSSR count). The van der Waals surface area contributed by atoms with Gasteiger partial charge in [-0.1, -0.05) is 6.07 Å². The minimum atomic E-state index is 0.726. The van der Waals surface area contributed by atoms with Crippen molar-refractivity contribution in [3.8, 4) is 6.07 Å². The van der Waals surface area contributed by atoms with Gasteiger partial charge < -0.3 is 10.1 Å². The van der Waals surface area contributed by atoms with Crippen molar-refractivity contribution in [1.82, 2.24) is 5.32 Å². The molecule has 1 aromatic carbocycles. The van der Waals surface area contributed by atoms with Gasteiger partial charge in [0.2, 0.25) is 0 Å². The van der Waals surface area contributed by atoms with Crippen LogP contribution in [-0.4, -0.2) is 19.8 Å². The maximum atomic E-state index is 8.79. The molecule has 1 fully saturated rings. The second kappa shape index (κ2) is 6.53. The molecule has 0 radical (unpaired) electrons. The lowest BCUT2D eigenvalue weighted by molar-refractivity contribution is 0.126. The first-order chi connectivity index (χ1) is 8.79. The lowest BCUT2D eigenvalue weighted by Gasteiger charge is -2.08. The van der Waals surface area contributed by atoms with Crippen LogP contribution in [0.25, 0.3) is 0 Å². The van der Waals surface area contributed by atoms with E-state index in [9.17, 15) is 0 Å². The van der Waals surface area contributed by atoms with Crippen molar-refractivity contribution in [2.45, 2.75) is 26.3 Å². The summed E-state index contributed by atoms with van der Waals surface area (Å²) < 4.78 is 5.56. The van der Waals surface area contributed by atoms with Gasteiger partial charge in [0.25, 0.3) is 0 Å². The number of benzene rings is 1. The van der Waals surface area contributed by atoms with E-state index < -0.39 is 0 Å². The molecule has 3 heteroatoms. The van der Waals surface area contributed by atoms with Crippen molar-refractivity contribution in [1.29, 1.82) is 5.26 Å². The molecule has 1 N–H and O–H groups in total. The molecule has 0 bridgehead atoms. The van der Waals surface area contributed by atoms with Gasteiger partial charge >= 0.3 is 0 Å². The van der Waals surface area contributed by atoms with Crippen molar-refractivity contribution in [2.75, 3.05) is 19.8 Å². The maximum Gasteiger partial charge on any atom is 0.0991 e. The molecule has 1 aromatic rings. The number of nitrogens with one attached hydrogen (secondary N) is 1. The minimum absolute atomic E-state index is 0.726. The van der Waals surface area contributed by atoms with E-state index in [4.69, 9.17) is 10.00 Å². The number of aryl methyl sites for hydroxylation is 1. The highest BCUT2D eigenvalue weighted by atomic mass is 16.5. The summed E-state index contributed by atoms with van der Waals surface area (Å²) in [4.78, 5) is 0. The second-order valence-corrected chi connectivity index (χ2v) is 4.95. The number of nitriles is 1. The first kappa shape index (κ1) is 13.1. The Kier molecular flexibility index (Phi) is 4.74. The quantitative estimate of drug-likeness (QED) is 0.749. The average molecular weight is 244 g/mol. The zero-order chi connectivity index (χ0) is 12.8. The highest BCUT2D eigenvalue weighted by molar-refractivity contribution is 5.37. The Morgan fingerprint density at radius 2 is 2.28 bits per heavy atom. The van der Waals surface area contributed by atoms with Crippen molar-refractivity contribution in [3.63, 3.8) is 0 Å². The van der Waals surface area contributed by atoms with E-state index in [0.717, 1.165) is 37.8 Å². The molecule has 96 valence electrons. The number of nitrogens with zero attached hydrogens (tertiary/aromatic N) is 1. The number of ether oxygens (including phenoxy) is 1. The molecule has 18 heavy (non-hydrogen) atoms. The SMILES string of the molecule is Cc1cc(C#N)ccc1CNCCOCC1CC1. The molecular formula is C15H20N2O. The minimum Gasteiger partial charge on any atom is -0.380 e. The summed E-state index contributed by atoms with van der Waals surface area (Å²) >= 11 is 0. The Morgan fingerprint density at radius 1 is 1.44 bits per heavy atom. The molecular weight excluding hydrogens is 224 g/mol. The van der Waals surface area contributed by atoms with Crippen LogP contribution in [0, 0.1) is 24.2 Å². The Bertz CT molecular complexity index is 433. The second-order valence-electron chi connectivity index (χ2n) is 4.95. The Balaban J connectivity index is 1.64. The molecule has 0 amide bonds. The Hall–Kier alpha value is -1.37. The lowest BCUT2D eigenvalue weighted by Crippen LogP contribution is -2.20. The van der Waals surface area contributed by atoms with Crippen molar-refractivity contribution >= 4 is 0 Å². The van der Waals surface area contributed by atoms with Gasteiger partial charge in [0, 0.05) is 19.7 Å². The normalized spacial score (nSPS) is 14.4. The van der Waals surface area contributed by atoms with Crippen LogP contribution in [0.15, 0.2) is 18.2 Å². The summed E-state index contributed by atoms with van der Waals surface area (Å²) in [5, 5.41) is 12.2. The summed E-state index contributed by atoms with van der Waals surface area (Å²) in [6.45, 7) is 5.47. The van der Waals surface area contributed by atoms with Crippen LogP contribution < -0.4 is 5.32 Å². The fourth-order valence-electron chi connectivity index (χ4n) is 1.87. The summed E-state index contributed by atoms with van der Waals surface area (Å²) in [6.07, 6.45) is 2.69. The third-order valence-electron chi connectivity index (χ3n) is 3.26. The smallest absolute Gasteiger partial charge is 0.0991 e. The summed E-state index contributed by atoms with van der Waals surface area (Å²) in [5.41, 5.74) is 3.14. The molecule has 1 aliphatic rings. The van der Waals surface area contributed by atoms with Crippen LogP contribution in [0.4, 0.5) is 0 Å². The van der Waals surface area contributed by atoms with Crippen molar-refractivity contribution < 1.29 is 4.74 Å². The van der Waals surface area contributed by atoms with Gasteiger partial charge in [0.15, 0.2) is 0 Å². The van der Waals surface area contributed by atoms with Crippen LogP contribution in [0.1, 0.15) is 29.5 Å². The van der Waals surface area contributed by atoms with Crippen LogP contribution in [-0.2, 0) is 11.3 Å². The molecule has 0 atom stereocenters. The summed E-state index contributed by atoms with van der Waals surface area (Å²) in [5.74, 6) is 0.839. The van der Waals surface area contributed by atoms with Crippen LogP contribution in [0.3, 0.4) is 0 Å². The maximum absolute atomic E-state index is 8.79. The first-order valence-corrected chi connectivity index (χ1v) is 6.57. The molecule has 0 heterocycles. The Morgan fingerprint density at radius 3 is 2.94 bits per heavy atom. The van der Waals surface area contributed by atoms with Gasteiger partial charge in [-0.25, -0.2) is 0 Å². The fraction of sp³-hybridized carbons (Fsp3) is 0.533. The third kappa shape index (κ3) is 4.14. The van der Waals surface area contributed by atoms with Gasteiger partial charge in [0.1, 0.15) is 0 Å². The predicted molar refractivity (Wildman–Crippen MR) is 71.1 cm³/mol. The average Bonchev–Trinajstić information content (AvgIpc) is 3.19. The van der Waals surface area contributed by atoms with Crippen molar-refractivity contribution in [3.05, 3.63) is 34.9 Å². The zero-order valence-electron chi connectivity index (χ0n) is 10.9. The van der Waals surface area contributed by atoms with Crippen LogP contribution in [0.5, 0.6) is 0 Å². The predicted octanol–water partition coefficient (Wildman–Crippen LogP) is 2.38. The highest BCUT2D eigenvalue weighted by Crippen LogP contribution is 2.28. The topological polar surface area (TPSA) is 45.0 Å². The highest BCUT2D eigenvalue weighted by Gasteiger charge is 2.20. The number of hydrogen-bond acceptors (Lipinski definition) is 3. The van der Waals surface area contributed by atoms with E-state index in [0.29, 0.717) is 0 Å². The monoisotopic (exact) mass is 244 g/mol. The zero-order valence-corrected chi connectivity index (χ0v) is 10.9. The van der Waals surface area contributed by atoms with Gasteiger partial charge in [-0.2, -0.15) is 5.26 Å². The van der Waals surface area contributed by atoms with E-state index in [2.05, 4.69) is 11.4 Å². The van der Waals surface area contributed by atoms with Gasteiger partial charge in [-0.3, -0.25) is 0 Å². The van der Waals surface area contributed by atoms with E-state index in [1.807, 2.05) is 25.1 Å². The number of rotatable bonds is 7. The van der Waals surface area contributed by atoms with Crippen LogP contribution >= 0.6 is 0 Å². The Labute approximate surface area is 109 Å². The van der Waals surface area contributed by atoms with E-state index in [1.165, 1.54) is 24.0 Å². The molecule has 0 aliphatic heterocycles. The first-order valence-electron chi connectivity index (χ1n) is 6.57. The molecule has 1 aliphatic carbocycles.